The highest BCUT2D eigenvalue weighted by atomic mass is 16.5. The van der Waals surface area contributed by atoms with Crippen molar-refractivity contribution in [2.75, 3.05) is 26.7 Å². The minimum Gasteiger partial charge on any atom is -0.378 e. The van der Waals surface area contributed by atoms with Crippen molar-refractivity contribution in [2.45, 2.75) is 38.7 Å². The van der Waals surface area contributed by atoms with E-state index in [4.69, 9.17) is 10.00 Å². The van der Waals surface area contributed by atoms with Gasteiger partial charge in [-0.1, -0.05) is 0 Å². The summed E-state index contributed by atoms with van der Waals surface area (Å²) in [5.41, 5.74) is 0. The highest BCUT2D eigenvalue weighted by molar-refractivity contribution is 4.80. The topological polar surface area (TPSA) is 36.3 Å². The molecular formula is C12H22N2O. The van der Waals surface area contributed by atoms with E-state index in [-0.39, 0.29) is 5.92 Å². The Morgan fingerprint density at radius 1 is 1.53 bits per heavy atom. The molecule has 0 saturated heterocycles. The van der Waals surface area contributed by atoms with Crippen LogP contribution in [0.5, 0.6) is 0 Å². The van der Waals surface area contributed by atoms with E-state index in [0.29, 0.717) is 6.10 Å². The Labute approximate surface area is 93.0 Å². The smallest absolute Gasteiger partial charge is 0.0666 e. The van der Waals surface area contributed by atoms with Gasteiger partial charge in [0.05, 0.1) is 18.1 Å². The van der Waals surface area contributed by atoms with Crippen LogP contribution in [0.15, 0.2) is 0 Å². The summed E-state index contributed by atoms with van der Waals surface area (Å²) in [7, 11) is 2.07. The second-order valence-electron chi connectivity index (χ2n) is 4.57. The van der Waals surface area contributed by atoms with Crippen molar-refractivity contribution in [3.8, 4) is 6.07 Å². The Morgan fingerprint density at radius 3 is 2.80 bits per heavy atom. The summed E-state index contributed by atoms with van der Waals surface area (Å²) in [6.07, 6.45) is 5.46. The number of nitrogens with zero attached hydrogens (tertiary/aromatic N) is 2. The molecule has 0 aromatic heterocycles. The molecule has 1 saturated carbocycles. The minimum absolute atomic E-state index is 0.127. The molecule has 86 valence electrons. The number of hydrogen-bond donors (Lipinski definition) is 0. The van der Waals surface area contributed by atoms with Gasteiger partial charge in [0.25, 0.3) is 0 Å². The van der Waals surface area contributed by atoms with Gasteiger partial charge in [0.15, 0.2) is 0 Å². The molecule has 0 radical (unpaired) electrons. The Kier molecular flexibility index (Phi) is 5.67. The molecule has 0 amide bonds. The van der Waals surface area contributed by atoms with Gasteiger partial charge in [0.1, 0.15) is 0 Å². The number of ether oxygens (including phenoxy) is 1. The third kappa shape index (κ3) is 5.15. The zero-order chi connectivity index (χ0) is 11.1. The zero-order valence-electron chi connectivity index (χ0n) is 9.91. The Balaban J connectivity index is 1.92. The van der Waals surface area contributed by atoms with Gasteiger partial charge in [-0.05, 0) is 39.7 Å². The van der Waals surface area contributed by atoms with E-state index in [1.54, 1.807) is 0 Å². The maximum atomic E-state index is 8.67. The van der Waals surface area contributed by atoms with Crippen molar-refractivity contribution in [1.82, 2.24) is 4.90 Å². The fourth-order valence-electron chi connectivity index (χ4n) is 1.72. The predicted molar refractivity (Wildman–Crippen MR) is 60.5 cm³/mol. The summed E-state index contributed by atoms with van der Waals surface area (Å²) in [6, 6.07) is 2.25. The van der Waals surface area contributed by atoms with E-state index in [1.165, 1.54) is 19.3 Å². The lowest BCUT2D eigenvalue weighted by atomic mass is 9.96. The first-order valence-corrected chi connectivity index (χ1v) is 5.92. The van der Waals surface area contributed by atoms with E-state index >= 15 is 0 Å². The van der Waals surface area contributed by atoms with Gasteiger partial charge >= 0.3 is 0 Å². The Bertz CT molecular complexity index is 208. The molecule has 0 N–H and O–H groups in total. The van der Waals surface area contributed by atoms with Crippen LogP contribution in [-0.2, 0) is 4.74 Å². The minimum atomic E-state index is 0.127. The van der Waals surface area contributed by atoms with Crippen LogP contribution >= 0.6 is 0 Å². The third-order valence-electron chi connectivity index (χ3n) is 2.90. The standard InChI is InChI=1S/C12H22N2O/c1-11(9-13)10-14(2)7-4-8-15-12-5-3-6-12/h11-12H,3-8,10H2,1-2H3. The van der Waals surface area contributed by atoms with E-state index in [0.717, 1.165) is 26.1 Å². The molecule has 1 unspecified atom stereocenters. The average molecular weight is 210 g/mol. The molecule has 0 aromatic carbocycles. The van der Waals surface area contributed by atoms with Gasteiger partial charge in [-0.25, -0.2) is 0 Å². The van der Waals surface area contributed by atoms with Crippen molar-refractivity contribution in [3.05, 3.63) is 0 Å². The van der Waals surface area contributed by atoms with E-state index in [2.05, 4.69) is 18.0 Å². The van der Waals surface area contributed by atoms with E-state index in [9.17, 15) is 0 Å². The number of rotatable bonds is 7. The largest absolute Gasteiger partial charge is 0.378 e. The van der Waals surface area contributed by atoms with Crippen molar-refractivity contribution < 1.29 is 4.74 Å². The van der Waals surface area contributed by atoms with Crippen LogP contribution in [0.4, 0.5) is 0 Å². The quantitative estimate of drug-likeness (QED) is 0.603. The van der Waals surface area contributed by atoms with Crippen LogP contribution in [0.25, 0.3) is 0 Å². The van der Waals surface area contributed by atoms with Crippen LogP contribution in [0.2, 0.25) is 0 Å². The van der Waals surface area contributed by atoms with Gasteiger partial charge < -0.3 is 9.64 Å². The molecule has 15 heavy (non-hydrogen) atoms. The summed E-state index contributed by atoms with van der Waals surface area (Å²) >= 11 is 0. The molecule has 1 fully saturated rings. The summed E-state index contributed by atoms with van der Waals surface area (Å²) in [4.78, 5) is 2.21. The molecule has 1 aliphatic rings. The van der Waals surface area contributed by atoms with Crippen LogP contribution in [0, 0.1) is 17.2 Å². The molecular weight excluding hydrogens is 188 g/mol. The SMILES string of the molecule is CC(C#N)CN(C)CCCOC1CCC1. The van der Waals surface area contributed by atoms with Crippen LogP contribution in [-0.4, -0.2) is 37.7 Å². The van der Waals surface area contributed by atoms with Crippen LogP contribution in [0.3, 0.4) is 0 Å². The lowest BCUT2D eigenvalue weighted by molar-refractivity contribution is -0.000995. The first-order chi connectivity index (χ1) is 7.22. The summed E-state index contributed by atoms with van der Waals surface area (Å²) in [6.45, 7) is 4.72. The second-order valence-corrected chi connectivity index (χ2v) is 4.57. The fraction of sp³-hybridized carbons (Fsp3) is 0.917. The molecule has 0 bridgehead atoms. The average Bonchev–Trinajstić information content (AvgIpc) is 2.14. The summed E-state index contributed by atoms with van der Waals surface area (Å²) < 4.78 is 5.67. The van der Waals surface area contributed by atoms with Gasteiger partial charge in [-0.3, -0.25) is 0 Å². The van der Waals surface area contributed by atoms with Gasteiger partial charge in [-0.2, -0.15) is 5.26 Å². The summed E-state index contributed by atoms with van der Waals surface area (Å²) in [5, 5.41) is 8.67. The van der Waals surface area contributed by atoms with Gasteiger partial charge in [0.2, 0.25) is 0 Å². The zero-order valence-corrected chi connectivity index (χ0v) is 9.91. The molecule has 3 nitrogen and oxygen atoms in total. The highest BCUT2D eigenvalue weighted by Crippen LogP contribution is 2.21. The molecule has 1 atom stereocenters. The Hall–Kier alpha value is -0.590. The van der Waals surface area contributed by atoms with Gasteiger partial charge in [0, 0.05) is 19.7 Å². The van der Waals surface area contributed by atoms with Crippen molar-refractivity contribution in [1.29, 1.82) is 5.26 Å². The number of hydrogen-bond acceptors (Lipinski definition) is 3. The maximum absolute atomic E-state index is 8.67. The highest BCUT2D eigenvalue weighted by Gasteiger charge is 2.17. The van der Waals surface area contributed by atoms with Crippen molar-refractivity contribution >= 4 is 0 Å². The molecule has 3 heteroatoms. The molecule has 0 aliphatic heterocycles. The molecule has 0 aromatic rings. The van der Waals surface area contributed by atoms with Crippen molar-refractivity contribution in [3.63, 3.8) is 0 Å². The maximum Gasteiger partial charge on any atom is 0.0666 e. The predicted octanol–water partition coefficient (Wildman–Crippen LogP) is 2.04. The summed E-state index contributed by atoms with van der Waals surface area (Å²) in [5.74, 6) is 0.127. The first kappa shape index (κ1) is 12.5. The first-order valence-electron chi connectivity index (χ1n) is 5.92. The van der Waals surface area contributed by atoms with Crippen LogP contribution < -0.4 is 0 Å². The van der Waals surface area contributed by atoms with E-state index in [1.807, 2.05) is 6.92 Å². The van der Waals surface area contributed by atoms with Gasteiger partial charge in [-0.15, -0.1) is 0 Å². The molecule has 1 aliphatic carbocycles. The lowest BCUT2D eigenvalue weighted by Crippen LogP contribution is -2.27. The number of nitriles is 1. The lowest BCUT2D eigenvalue weighted by Gasteiger charge is -2.26. The third-order valence-corrected chi connectivity index (χ3v) is 2.90. The molecule has 0 spiro atoms. The monoisotopic (exact) mass is 210 g/mol. The second kappa shape index (κ2) is 6.81. The molecule has 0 heterocycles. The molecule has 1 rings (SSSR count). The normalized spacial score (nSPS) is 18.5. The Morgan fingerprint density at radius 2 is 2.27 bits per heavy atom. The van der Waals surface area contributed by atoms with E-state index < -0.39 is 0 Å². The fourth-order valence-corrected chi connectivity index (χ4v) is 1.72. The van der Waals surface area contributed by atoms with Crippen molar-refractivity contribution in [2.24, 2.45) is 5.92 Å². The van der Waals surface area contributed by atoms with Crippen LogP contribution in [0.1, 0.15) is 32.6 Å².